The van der Waals surface area contributed by atoms with E-state index < -0.39 is 0 Å². The number of thiazole rings is 1. The molecular formula is C13H12BrN3S. The normalized spacial score (nSPS) is 11.2. The van der Waals surface area contributed by atoms with E-state index in [1.54, 1.807) is 11.3 Å². The summed E-state index contributed by atoms with van der Waals surface area (Å²) in [6.07, 6.45) is 2.77. The van der Waals surface area contributed by atoms with Gasteiger partial charge in [0.25, 0.3) is 0 Å². The minimum absolute atomic E-state index is 0.642. The second kappa shape index (κ2) is 4.84. The summed E-state index contributed by atoms with van der Waals surface area (Å²) >= 11 is 5.12. The van der Waals surface area contributed by atoms with E-state index in [2.05, 4.69) is 55.0 Å². The summed E-state index contributed by atoms with van der Waals surface area (Å²) in [5.74, 6) is 0. The molecule has 0 bridgehead atoms. The zero-order valence-electron chi connectivity index (χ0n) is 9.64. The van der Waals surface area contributed by atoms with Crippen LogP contribution in [0.5, 0.6) is 0 Å². The molecule has 0 atom stereocenters. The highest BCUT2D eigenvalue weighted by molar-refractivity contribution is 9.10. The molecule has 0 unspecified atom stereocenters. The van der Waals surface area contributed by atoms with Crippen molar-refractivity contribution in [2.75, 3.05) is 6.54 Å². The number of halogens is 1. The van der Waals surface area contributed by atoms with Crippen molar-refractivity contribution in [2.45, 2.75) is 6.42 Å². The molecule has 0 radical (unpaired) electrons. The number of hydrogen-bond acceptors (Lipinski definition) is 3. The summed E-state index contributed by atoms with van der Waals surface area (Å²) in [5.41, 5.74) is 9.20. The number of fused-ring (bicyclic) bond motifs is 1. The lowest BCUT2D eigenvalue weighted by Gasteiger charge is -2.03. The summed E-state index contributed by atoms with van der Waals surface area (Å²) in [5, 5.41) is 2.14. The number of nitrogens with two attached hydrogens (primary N) is 1. The van der Waals surface area contributed by atoms with Crippen molar-refractivity contribution in [3.63, 3.8) is 0 Å². The van der Waals surface area contributed by atoms with Crippen LogP contribution in [0.4, 0.5) is 0 Å². The van der Waals surface area contributed by atoms with Crippen molar-refractivity contribution in [3.8, 4) is 11.3 Å². The fraction of sp³-hybridized carbons (Fsp3) is 0.154. The quantitative estimate of drug-likeness (QED) is 0.804. The average molecular weight is 322 g/mol. The first-order valence-corrected chi connectivity index (χ1v) is 7.36. The maximum Gasteiger partial charge on any atom is 0.194 e. The third-order valence-electron chi connectivity index (χ3n) is 2.86. The Hall–Kier alpha value is -1.17. The molecule has 0 amide bonds. The smallest absolute Gasteiger partial charge is 0.194 e. The van der Waals surface area contributed by atoms with E-state index in [1.807, 2.05) is 6.20 Å². The molecule has 0 aliphatic rings. The van der Waals surface area contributed by atoms with Crippen LogP contribution in [0.15, 0.2) is 40.3 Å². The zero-order chi connectivity index (χ0) is 12.5. The van der Waals surface area contributed by atoms with E-state index >= 15 is 0 Å². The lowest BCUT2D eigenvalue weighted by Crippen LogP contribution is -2.05. The van der Waals surface area contributed by atoms with Gasteiger partial charge in [0.1, 0.15) is 0 Å². The van der Waals surface area contributed by atoms with Crippen LogP contribution < -0.4 is 5.73 Å². The van der Waals surface area contributed by atoms with Crippen molar-refractivity contribution >= 4 is 32.2 Å². The predicted octanol–water partition coefficient (Wildman–Crippen LogP) is 3.33. The van der Waals surface area contributed by atoms with Gasteiger partial charge in [-0.25, -0.2) is 4.98 Å². The largest absolute Gasteiger partial charge is 0.330 e. The molecule has 1 aromatic carbocycles. The number of imidazole rings is 1. The van der Waals surface area contributed by atoms with Crippen molar-refractivity contribution in [3.05, 3.63) is 46.0 Å². The van der Waals surface area contributed by atoms with E-state index in [1.165, 1.54) is 17.0 Å². The highest BCUT2D eigenvalue weighted by atomic mass is 79.9. The van der Waals surface area contributed by atoms with Gasteiger partial charge in [0.2, 0.25) is 0 Å². The van der Waals surface area contributed by atoms with Gasteiger partial charge in [-0.3, -0.25) is 4.40 Å². The average Bonchev–Trinajstić information content (AvgIpc) is 2.94. The number of nitrogens with zero attached hydrogens (tertiary/aromatic N) is 2. The van der Waals surface area contributed by atoms with Crippen LogP contribution in [0.2, 0.25) is 0 Å². The Morgan fingerprint density at radius 1 is 1.28 bits per heavy atom. The predicted molar refractivity (Wildman–Crippen MR) is 79.0 cm³/mol. The number of rotatable bonds is 3. The first kappa shape index (κ1) is 11.9. The Kier molecular flexibility index (Phi) is 3.20. The minimum Gasteiger partial charge on any atom is -0.330 e. The van der Waals surface area contributed by atoms with E-state index in [0.29, 0.717) is 6.54 Å². The fourth-order valence-electron chi connectivity index (χ4n) is 2.01. The van der Waals surface area contributed by atoms with Gasteiger partial charge in [0.15, 0.2) is 4.96 Å². The molecule has 0 fully saturated rings. The highest BCUT2D eigenvalue weighted by Crippen LogP contribution is 2.28. The van der Waals surface area contributed by atoms with E-state index in [0.717, 1.165) is 15.9 Å². The maximum atomic E-state index is 5.64. The van der Waals surface area contributed by atoms with Crippen LogP contribution in [0, 0.1) is 0 Å². The summed E-state index contributed by atoms with van der Waals surface area (Å²) in [6.45, 7) is 0.642. The van der Waals surface area contributed by atoms with Crippen LogP contribution in [0.1, 0.15) is 5.69 Å². The number of benzene rings is 1. The van der Waals surface area contributed by atoms with E-state index in [4.69, 9.17) is 5.73 Å². The Morgan fingerprint density at radius 2 is 2.06 bits per heavy atom. The molecule has 3 aromatic rings. The molecule has 18 heavy (non-hydrogen) atoms. The standard InChI is InChI=1S/C13H12BrN3S/c14-10-3-1-9(2-4-10)12-8-18-13-16-7-11(5-6-15)17(12)13/h1-4,7-8H,5-6,15H2. The third-order valence-corrected chi connectivity index (χ3v) is 4.23. The highest BCUT2D eigenvalue weighted by Gasteiger charge is 2.11. The van der Waals surface area contributed by atoms with Gasteiger partial charge in [-0.1, -0.05) is 28.1 Å². The van der Waals surface area contributed by atoms with Crippen molar-refractivity contribution < 1.29 is 0 Å². The van der Waals surface area contributed by atoms with Crippen molar-refractivity contribution in [1.82, 2.24) is 9.38 Å². The molecule has 2 aromatic heterocycles. The zero-order valence-corrected chi connectivity index (χ0v) is 12.0. The molecule has 0 spiro atoms. The van der Waals surface area contributed by atoms with Gasteiger partial charge in [-0.05, 0) is 24.2 Å². The van der Waals surface area contributed by atoms with Gasteiger partial charge >= 0.3 is 0 Å². The molecule has 2 heterocycles. The lowest BCUT2D eigenvalue weighted by atomic mass is 10.2. The van der Waals surface area contributed by atoms with Crippen LogP contribution in [-0.2, 0) is 6.42 Å². The second-order valence-electron chi connectivity index (χ2n) is 4.03. The number of aromatic nitrogens is 2. The van der Waals surface area contributed by atoms with Crippen LogP contribution in [0.25, 0.3) is 16.2 Å². The summed E-state index contributed by atoms with van der Waals surface area (Å²) in [6, 6.07) is 8.33. The Labute approximate surface area is 117 Å². The molecule has 0 aliphatic heterocycles. The third kappa shape index (κ3) is 1.98. The van der Waals surface area contributed by atoms with Gasteiger partial charge in [0.05, 0.1) is 11.9 Å². The Morgan fingerprint density at radius 3 is 2.78 bits per heavy atom. The van der Waals surface area contributed by atoms with Crippen molar-refractivity contribution in [1.29, 1.82) is 0 Å². The van der Waals surface area contributed by atoms with E-state index in [-0.39, 0.29) is 0 Å². The molecule has 3 nitrogen and oxygen atoms in total. The Balaban J connectivity index is 2.16. The summed E-state index contributed by atoms with van der Waals surface area (Å²) in [7, 11) is 0. The molecule has 92 valence electrons. The topological polar surface area (TPSA) is 43.3 Å². The molecule has 0 saturated heterocycles. The molecule has 0 saturated carbocycles. The van der Waals surface area contributed by atoms with Crippen LogP contribution in [0.3, 0.4) is 0 Å². The van der Waals surface area contributed by atoms with Gasteiger partial charge < -0.3 is 5.73 Å². The maximum absolute atomic E-state index is 5.64. The van der Waals surface area contributed by atoms with E-state index in [9.17, 15) is 0 Å². The van der Waals surface area contributed by atoms with Gasteiger partial charge in [0, 0.05) is 22.0 Å². The minimum atomic E-state index is 0.642. The molecule has 5 heteroatoms. The molecule has 0 aliphatic carbocycles. The van der Waals surface area contributed by atoms with Crippen LogP contribution >= 0.6 is 27.3 Å². The first-order valence-electron chi connectivity index (χ1n) is 5.69. The molecule has 3 rings (SSSR count). The molecule has 2 N–H and O–H groups in total. The first-order chi connectivity index (χ1) is 8.79. The summed E-state index contributed by atoms with van der Waals surface area (Å²) in [4.78, 5) is 5.44. The number of hydrogen-bond donors (Lipinski definition) is 1. The lowest BCUT2D eigenvalue weighted by molar-refractivity contribution is 0.911. The summed E-state index contributed by atoms with van der Waals surface area (Å²) < 4.78 is 3.28. The fourth-order valence-corrected chi connectivity index (χ4v) is 3.17. The SMILES string of the molecule is NCCc1cnc2scc(-c3ccc(Br)cc3)n12. The monoisotopic (exact) mass is 321 g/mol. The van der Waals surface area contributed by atoms with Crippen LogP contribution in [-0.4, -0.2) is 15.9 Å². The van der Waals surface area contributed by atoms with Gasteiger partial charge in [-0.15, -0.1) is 11.3 Å². The van der Waals surface area contributed by atoms with Gasteiger partial charge in [-0.2, -0.15) is 0 Å². The Bertz CT molecular complexity index is 669. The second-order valence-corrected chi connectivity index (χ2v) is 5.79. The molecular weight excluding hydrogens is 310 g/mol. The van der Waals surface area contributed by atoms with Crippen molar-refractivity contribution in [2.24, 2.45) is 5.73 Å².